The van der Waals surface area contributed by atoms with Crippen LogP contribution in [0.3, 0.4) is 0 Å². The van der Waals surface area contributed by atoms with Gasteiger partial charge in [0.2, 0.25) is 0 Å². The van der Waals surface area contributed by atoms with Crippen molar-refractivity contribution in [2.75, 3.05) is 13.7 Å². The fraction of sp³-hybridized carbons (Fsp3) is 0.316. The first-order valence-electron chi connectivity index (χ1n) is 8.24. The van der Waals surface area contributed by atoms with Gasteiger partial charge in [-0.2, -0.15) is 0 Å². The van der Waals surface area contributed by atoms with Crippen molar-refractivity contribution in [3.63, 3.8) is 0 Å². The lowest BCUT2D eigenvalue weighted by Crippen LogP contribution is -2.27. The molecule has 0 spiro atoms. The van der Waals surface area contributed by atoms with Gasteiger partial charge in [-0.1, -0.05) is 29.8 Å². The number of amides is 1. The van der Waals surface area contributed by atoms with Crippen LogP contribution in [0.25, 0.3) is 0 Å². The zero-order valence-corrected chi connectivity index (χ0v) is 15.2. The predicted molar refractivity (Wildman–Crippen MR) is 97.9 cm³/mol. The average Bonchev–Trinajstić information content (AvgIpc) is 2.61. The van der Waals surface area contributed by atoms with Crippen molar-refractivity contribution in [1.82, 2.24) is 5.32 Å². The summed E-state index contributed by atoms with van der Waals surface area (Å²) in [7, 11) is 1.42. The lowest BCUT2D eigenvalue weighted by atomic mass is 10.1. The normalized spacial score (nSPS) is 11.5. The van der Waals surface area contributed by atoms with Gasteiger partial charge in [0.15, 0.2) is 11.5 Å². The Bertz CT molecular complexity index is 802. The Kier molecular flexibility index (Phi) is 6.16. The summed E-state index contributed by atoms with van der Waals surface area (Å²) in [5.74, 6) is -0.0541. The van der Waals surface area contributed by atoms with Crippen LogP contribution >= 0.6 is 0 Å². The highest BCUT2D eigenvalue weighted by Crippen LogP contribution is 2.35. The Morgan fingerprint density at radius 1 is 1.23 bits per heavy atom. The summed E-state index contributed by atoms with van der Waals surface area (Å²) in [6.45, 7) is 5.88. The molecule has 7 heteroatoms. The highest BCUT2D eigenvalue weighted by Gasteiger charge is 2.25. The first-order chi connectivity index (χ1) is 12.4. The summed E-state index contributed by atoms with van der Waals surface area (Å²) in [5.41, 5.74) is 1.61. The van der Waals surface area contributed by atoms with Crippen LogP contribution in [-0.2, 0) is 0 Å². The summed E-state index contributed by atoms with van der Waals surface area (Å²) in [6, 6.07) is 9.95. The Morgan fingerprint density at radius 2 is 1.88 bits per heavy atom. The molecule has 0 fully saturated rings. The van der Waals surface area contributed by atoms with Gasteiger partial charge < -0.3 is 14.8 Å². The van der Waals surface area contributed by atoms with Crippen LogP contribution < -0.4 is 14.8 Å². The molecular formula is C19H22N2O5. The van der Waals surface area contributed by atoms with Gasteiger partial charge in [0.25, 0.3) is 11.6 Å². The minimum atomic E-state index is -0.604. The van der Waals surface area contributed by atoms with E-state index in [0.717, 1.165) is 11.1 Å². The molecule has 0 aliphatic heterocycles. The van der Waals surface area contributed by atoms with E-state index in [1.807, 2.05) is 38.1 Å². The molecule has 1 atom stereocenters. The third-order valence-corrected chi connectivity index (χ3v) is 3.95. The largest absolute Gasteiger partial charge is 0.493 e. The maximum absolute atomic E-state index is 12.6. The molecule has 2 rings (SSSR count). The van der Waals surface area contributed by atoms with Crippen molar-refractivity contribution in [1.29, 1.82) is 0 Å². The van der Waals surface area contributed by atoms with E-state index in [0.29, 0.717) is 6.61 Å². The van der Waals surface area contributed by atoms with Crippen LogP contribution in [0.2, 0.25) is 0 Å². The Balaban J connectivity index is 2.34. The van der Waals surface area contributed by atoms with Crippen LogP contribution in [0, 0.1) is 17.0 Å². The van der Waals surface area contributed by atoms with Crippen LogP contribution in [0.4, 0.5) is 5.69 Å². The molecule has 0 aliphatic carbocycles. The highest BCUT2D eigenvalue weighted by molar-refractivity contribution is 5.99. The maximum atomic E-state index is 12.6. The number of nitrogens with zero attached hydrogens (tertiary/aromatic N) is 1. The minimum absolute atomic E-state index is 0.0748. The number of nitro benzene ring substituents is 1. The minimum Gasteiger partial charge on any atom is -0.493 e. The summed E-state index contributed by atoms with van der Waals surface area (Å²) in [4.78, 5) is 23.4. The number of hydrogen-bond donors (Lipinski definition) is 1. The summed E-state index contributed by atoms with van der Waals surface area (Å²) >= 11 is 0. The van der Waals surface area contributed by atoms with Gasteiger partial charge >= 0.3 is 0 Å². The average molecular weight is 358 g/mol. The van der Waals surface area contributed by atoms with E-state index in [1.165, 1.54) is 19.2 Å². The number of rotatable bonds is 7. The molecule has 1 N–H and O–H groups in total. The second-order valence-corrected chi connectivity index (χ2v) is 5.82. The molecule has 1 unspecified atom stereocenters. The topological polar surface area (TPSA) is 90.7 Å². The fourth-order valence-corrected chi connectivity index (χ4v) is 2.52. The van der Waals surface area contributed by atoms with Gasteiger partial charge in [-0.3, -0.25) is 14.9 Å². The zero-order chi connectivity index (χ0) is 19.3. The van der Waals surface area contributed by atoms with Crippen molar-refractivity contribution in [2.24, 2.45) is 0 Å². The van der Waals surface area contributed by atoms with Crippen molar-refractivity contribution >= 4 is 11.6 Å². The van der Waals surface area contributed by atoms with Crippen molar-refractivity contribution < 1.29 is 19.2 Å². The Hall–Kier alpha value is -3.09. The first-order valence-corrected chi connectivity index (χ1v) is 8.24. The molecular weight excluding hydrogens is 336 g/mol. The molecule has 0 bridgehead atoms. The van der Waals surface area contributed by atoms with Crippen LogP contribution in [-0.4, -0.2) is 24.5 Å². The van der Waals surface area contributed by atoms with E-state index in [2.05, 4.69) is 5.32 Å². The molecule has 2 aromatic rings. The van der Waals surface area contributed by atoms with E-state index in [-0.39, 0.29) is 28.8 Å². The fourth-order valence-electron chi connectivity index (χ4n) is 2.52. The second kappa shape index (κ2) is 8.33. The van der Waals surface area contributed by atoms with Crippen LogP contribution in [0.15, 0.2) is 36.4 Å². The monoisotopic (exact) mass is 358 g/mol. The van der Waals surface area contributed by atoms with Gasteiger partial charge in [0.1, 0.15) is 5.56 Å². The summed E-state index contributed by atoms with van der Waals surface area (Å²) in [6.07, 6.45) is 0. The van der Waals surface area contributed by atoms with Gasteiger partial charge in [0.05, 0.1) is 30.7 Å². The Morgan fingerprint density at radius 3 is 2.42 bits per heavy atom. The number of hydrogen-bond acceptors (Lipinski definition) is 5. The number of aryl methyl sites for hydroxylation is 1. The number of ether oxygens (including phenoxy) is 2. The van der Waals surface area contributed by atoms with Gasteiger partial charge in [0, 0.05) is 6.07 Å². The lowest BCUT2D eigenvalue weighted by molar-refractivity contribution is -0.385. The molecule has 2 aromatic carbocycles. The van der Waals surface area contributed by atoms with E-state index in [4.69, 9.17) is 9.47 Å². The SMILES string of the molecule is CCOc1cc([N+](=O)[O-])c(C(=O)NC(C)c2ccc(C)cc2)cc1OC. The third-order valence-electron chi connectivity index (χ3n) is 3.95. The van der Waals surface area contributed by atoms with E-state index < -0.39 is 10.8 Å². The molecule has 0 heterocycles. The van der Waals surface area contributed by atoms with Gasteiger partial charge in [-0.15, -0.1) is 0 Å². The van der Waals surface area contributed by atoms with Crippen molar-refractivity contribution in [3.05, 3.63) is 63.2 Å². The number of nitrogens with one attached hydrogen (secondary N) is 1. The van der Waals surface area contributed by atoms with Crippen molar-refractivity contribution in [3.8, 4) is 11.5 Å². The summed E-state index contributed by atoms with van der Waals surface area (Å²) < 4.78 is 10.6. The van der Waals surface area contributed by atoms with Crippen molar-refractivity contribution in [2.45, 2.75) is 26.8 Å². The molecule has 7 nitrogen and oxygen atoms in total. The van der Waals surface area contributed by atoms with Gasteiger partial charge in [-0.25, -0.2) is 0 Å². The highest BCUT2D eigenvalue weighted by atomic mass is 16.6. The molecule has 138 valence electrons. The van der Waals surface area contributed by atoms with E-state index >= 15 is 0 Å². The third kappa shape index (κ3) is 4.30. The Labute approximate surface area is 152 Å². The van der Waals surface area contributed by atoms with Crippen LogP contribution in [0.5, 0.6) is 11.5 Å². The number of carbonyl (C=O) groups excluding carboxylic acids is 1. The molecule has 26 heavy (non-hydrogen) atoms. The molecule has 0 saturated carbocycles. The smallest absolute Gasteiger partial charge is 0.286 e. The zero-order valence-electron chi connectivity index (χ0n) is 15.2. The maximum Gasteiger partial charge on any atom is 0.286 e. The molecule has 1 amide bonds. The lowest BCUT2D eigenvalue weighted by Gasteiger charge is -2.16. The molecule has 0 saturated heterocycles. The molecule has 0 aromatic heterocycles. The number of methoxy groups -OCH3 is 1. The predicted octanol–water partition coefficient (Wildman–Crippen LogP) is 3.80. The number of carbonyl (C=O) groups is 1. The van der Waals surface area contributed by atoms with E-state index in [9.17, 15) is 14.9 Å². The standard InChI is InChI=1S/C19H22N2O5/c1-5-26-18-11-16(21(23)24)15(10-17(18)25-4)19(22)20-13(3)14-8-6-12(2)7-9-14/h6-11,13H,5H2,1-4H3,(H,20,22). The van der Waals surface area contributed by atoms with E-state index in [1.54, 1.807) is 6.92 Å². The summed E-state index contributed by atoms with van der Waals surface area (Å²) in [5, 5.41) is 14.2. The van der Waals surface area contributed by atoms with Crippen LogP contribution in [0.1, 0.15) is 41.4 Å². The van der Waals surface area contributed by atoms with Gasteiger partial charge in [-0.05, 0) is 26.3 Å². The number of nitro groups is 1. The molecule has 0 aliphatic rings. The number of benzene rings is 2. The quantitative estimate of drug-likeness (QED) is 0.600. The second-order valence-electron chi connectivity index (χ2n) is 5.82. The first kappa shape index (κ1) is 19.2. The molecule has 0 radical (unpaired) electrons.